The van der Waals surface area contributed by atoms with E-state index >= 15 is 0 Å². The average molecular weight is 270 g/mol. The van der Waals surface area contributed by atoms with E-state index in [1.54, 1.807) is 6.20 Å². The fourth-order valence-electron chi connectivity index (χ4n) is 1.68. The van der Waals surface area contributed by atoms with Crippen LogP contribution in [0.5, 0.6) is 0 Å². The Bertz CT molecular complexity index is 430. The minimum atomic E-state index is -0.835. The van der Waals surface area contributed by atoms with Crippen molar-refractivity contribution in [3.05, 3.63) is 12.4 Å². The normalized spacial score (nSPS) is 12.5. The number of nitrogens with zero attached hydrogens (tertiary/aromatic N) is 3. The first-order valence-electron chi connectivity index (χ1n) is 5.61. The van der Waals surface area contributed by atoms with Gasteiger partial charge in [0, 0.05) is 12.7 Å². The molecule has 0 saturated carbocycles. The number of aliphatic hydroxyl groups is 1. The Balaban J connectivity index is 2.52. The minimum absolute atomic E-state index is 0.0750. The molecule has 1 atom stereocenters. The number of nitrogens with two attached hydrogens (primary N) is 3. The van der Waals surface area contributed by atoms with E-state index in [9.17, 15) is 14.7 Å². The Morgan fingerprint density at radius 1 is 1.37 bits per heavy atom. The van der Waals surface area contributed by atoms with Gasteiger partial charge in [-0.2, -0.15) is 5.10 Å². The van der Waals surface area contributed by atoms with Crippen molar-refractivity contribution in [2.45, 2.75) is 12.6 Å². The maximum atomic E-state index is 10.8. The molecule has 0 saturated heterocycles. The Morgan fingerprint density at radius 3 is 2.37 bits per heavy atom. The fraction of sp³-hybridized carbons (Fsp3) is 0.500. The third-order valence-electron chi connectivity index (χ3n) is 2.28. The highest BCUT2D eigenvalue weighted by Crippen LogP contribution is 2.01. The highest BCUT2D eigenvalue weighted by Gasteiger charge is 2.16. The van der Waals surface area contributed by atoms with Gasteiger partial charge in [0.25, 0.3) is 0 Å². The standard InChI is InChI=1S/C10H18N6O3/c11-7-1-14-16(2-7)4-8(17)3-15(5-9(12)18)6-10(13)19/h1-2,8,17H,3-6,11H2,(H2,12,18)(H2,13,19). The molecule has 0 fully saturated rings. The second-order valence-corrected chi connectivity index (χ2v) is 4.25. The zero-order valence-electron chi connectivity index (χ0n) is 10.4. The van der Waals surface area contributed by atoms with Crippen molar-refractivity contribution in [1.29, 1.82) is 0 Å². The van der Waals surface area contributed by atoms with Gasteiger partial charge in [-0.3, -0.25) is 19.2 Å². The number of carbonyl (C=O) groups is 2. The van der Waals surface area contributed by atoms with E-state index in [4.69, 9.17) is 17.2 Å². The van der Waals surface area contributed by atoms with Gasteiger partial charge in [0.2, 0.25) is 11.8 Å². The molecule has 9 nitrogen and oxygen atoms in total. The summed E-state index contributed by atoms with van der Waals surface area (Å²) in [5.41, 5.74) is 16.1. The van der Waals surface area contributed by atoms with Crippen LogP contribution < -0.4 is 17.2 Å². The molecule has 1 rings (SSSR count). The number of nitrogen functional groups attached to an aromatic ring is 1. The molecule has 7 N–H and O–H groups in total. The van der Waals surface area contributed by atoms with Crippen LogP contribution >= 0.6 is 0 Å². The smallest absolute Gasteiger partial charge is 0.231 e. The van der Waals surface area contributed by atoms with Gasteiger partial charge in [-0.05, 0) is 0 Å². The van der Waals surface area contributed by atoms with E-state index in [0.29, 0.717) is 5.69 Å². The van der Waals surface area contributed by atoms with Gasteiger partial charge < -0.3 is 22.3 Å². The second kappa shape index (κ2) is 6.71. The summed E-state index contributed by atoms with van der Waals surface area (Å²) >= 11 is 0. The molecule has 0 aromatic carbocycles. The lowest BCUT2D eigenvalue weighted by Crippen LogP contribution is -2.44. The number of anilines is 1. The molecule has 0 spiro atoms. The van der Waals surface area contributed by atoms with Crippen molar-refractivity contribution in [3.63, 3.8) is 0 Å². The number of aliphatic hydroxyl groups excluding tert-OH is 1. The fourth-order valence-corrected chi connectivity index (χ4v) is 1.68. The number of aromatic nitrogens is 2. The summed E-state index contributed by atoms with van der Waals surface area (Å²) in [7, 11) is 0. The van der Waals surface area contributed by atoms with Crippen molar-refractivity contribution in [3.8, 4) is 0 Å². The van der Waals surface area contributed by atoms with Crippen LogP contribution in [0.2, 0.25) is 0 Å². The molecule has 0 aliphatic carbocycles. The van der Waals surface area contributed by atoms with Gasteiger partial charge in [0.15, 0.2) is 0 Å². The lowest BCUT2D eigenvalue weighted by atomic mass is 10.3. The Hall–Kier alpha value is -2.13. The molecule has 106 valence electrons. The van der Waals surface area contributed by atoms with E-state index in [2.05, 4.69) is 5.10 Å². The van der Waals surface area contributed by atoms with E-state index in [-0.39, 0.29) is 26.2 Å². The SMILES string of the molecule is NC(=O)CN(CC(N)=O)CC(O)Cn1cc(N)cn1. The van der Waals surface area contributed by atoms with Crippen LogP contribution in [0.4, 0.5) is 5.69 Å². The first-order chi connectivity index (χ1) is 8.86. The zero-order valence-corrected chi connectivity index (χ0v) is 10.4. The van der Waals surface area contributed by atoms with Crippen LogP contribution in [-0.4, -0.2) is 57.3 Å². The highest BCUT2D eigenvalue weighted by molar-refractivity contribution is 5.79. The summed E-state index contributed by atoms with van der Waals surface area (Å²) in [6.07, 6.45) is 2.19. The number of rotatable bonds is 8. The van der Waals surface area contributed by atoms with Crippen LogP contribution in [0.15, 0.2) is 12.4 Å². The third-order valence-corrected chi connectivity index (χ3v) is 2.28. The topological polar surface area (TPSA) is 153 Å². The monoisotopic (exact) mass is 270 g/mol. The van der Waals surface area contributed by atoms with Gasteiger partial charge in [-0.25, -0.2) is 0 Å². The zero-order chi connectivity index (χ0) is 14.4. The van der Waals surface area contributed by atoms with Crippen molar-refractivity contribution >= 4 is 17.5 Å². The predicted octanol–water partition coefficient (Wildman–Crippen LogP) is -2.90. The molecular weight excluding hydrogens is 252 g/mol. The lowest BCUT2D eigenvalue weighted by molar-refractivity contribution is -0.122. The van der Waals surface area contributed by atoms with Crippen LogP contribution in [0, 0.1) is 0 Å². The van der Waals surface area contributed by atoms with Gasteiger partial charge in [-0.1, -0.05) is 0 Å². The first-order valence-corrected chi connectivity index (χ1v) is 5.61. The molecule has 0 radical (unpaired) electrons. The lowest BCUT2D eigenvalue weighted by Gasteiger charge is -2.22. The largest absolute Gasteiger partial charge is 0.396 e. The summed E-state index contributed by atoms with van der Waals surface area (Å²) in [5.74, 6) is -1.20. The number of carbonyl (C=O) groups excluding carboxylic acids is 2. The minimum Gasteiger partial charge on any atom is -0.396 e. The second-order valence-electron chi connectivity index (χ2n) is 4.25. The molecule has 1 aromatic heterocycles. The van der Waals surface area contributed by atoms with Gasteiger partial charge in [0.1, 0.15) is 0 Å². The Kier molecular flexibility index (Phi) is 5.27. The molecule has 9 heteroatoms. The third kappa shape index (κ3) is 5.84. The summed E-state index contributed by atoms with van der Waals surface area (Å²) in [6.45, 7) is -0.0423. The number of primary amides is 2. The molecule has 19 heavy (non-hydrogen) atoms. The first kappa shape index (κ1) is 14.9. The van der Waals surface area contributed by atoms with E-state index in [1.807, 2.05) is 0 Å². The molecule has 1 unspecified atom stereocenters. The predicted molar refractivity (Wildman–Crippen MR) is 67.5 cm³/mol. The summed E-state index contributed by atoms with van der Waals surface area (Å²) < 4.78 is 1.46. The maximum absolute atomic E-state index is 10.8. The molecule has 2 amide bonds. The molecule has 0 bridgehead atoms. The van der Waals surface area contributed by atoms with Crippen LogP contribution in [0.3, 0.4) is 0 Å². The van der Waals surface area contributed by atoms with Gasteiger partial charge in [0.05, 0.1) is 37.6 Å². The maximum Gasteiger partial charge on any atom is 0.231 e. The highest BCUT2D eigenvalue weighted by atomic mass is 16.3. The van der Waals surface area contributed by atoms with Crippen molar-refractivity contribution in [1.82, 2.24) is 14.7 Å². The number of hydrogen-bond donors (Lipinski definition) is 4. The number of amides is 2. The summed E-state index contributed by atoms with van der Waals surface area (Å²) in [6, 6.07) is 0. The van der Waals surface area contributed by atoms with Crippen molar-refractivity contribution in [2.24, 2.45) is 11.5 Å². The molecule has 1 heterocycles. The van der Waals surface area contributed by atoms with Gasteiger partial charge >= 0.3 is 0 Å². The average Bonchev–Trinajstić information content (AvgIpc) is 2.61. The summed E-state index contributed by atoms with van der Waals surface area (Å²) in [4.78, 5) is 23.1. The van der Waals surface area contributed by atoms with Gasteiger partial charge in [-0.15, -0.1) is 0 Å². The van der Waals surface area contributed by atoms with Crippen LogP contribution in [0.25, 0.3) is 0 Å². The Labute approximate surface area is 109 Å². The quantitative estimate of drug-likeness (QED) is 0.397. The summed E-state index contributed by atoms with van der Waals surface area (Å²) in [5, 5.41) is 13.8. The van der Waals surface area contributed by atoms with Crippen LogP contribution in [-0.2, 0) is 16.1 Å². The number of hydrogen-bond acceptors (Lipinski definition) is 6. The molecule has 0 aliphatic rings. The molecule has 1 aromatic rings. The van der Waals surface area contributed by atoms with Crippen molar-refractivity contribution < 1.29 is 14.7 Å². The Morgan fingerprint density at radius 2 is 1.95 bits per heavy atom. The molecule has 0 aliphatic heterocycles. The van der Waals surface area contributed by atoms with E-state index < -0.39 is 17.9 Å². The van der Waals surface area contributed by atoms with E-state index in [1.165, 1.54) is 15.8 Å². The van der Waals surface area contributed by atoms with Crippen molar-refractivity contribution in [2.75, 3.05) is 25.4 Å². The van der Waals surface area contributed by atoms with Crippen LogP contribution in [0.1, 0.15) is 0 Å². The van der Waals surface area contributed by atoms with E-state index in [0.717, 1.165) is 0 Å². The molecular formula is C10H18N6O3.